The maximum absolute atomic E-state index is 12.0. The van der Waals surface area contributed by atoms with Gasteiger partial charge < -0.3 is 4.74 Å². The number of carbonyl (C=O) groups excluding carboxylic acids is 1. The minimum atomic E-state index is -0.200. The first-order valence-electron chi connectivity index (χ1n) is 6.61. The SMILES string of the molecule is COC(C)C1=NN(c2ccc(-c3ccc(Cl)s3)nn2)C(=O)C1. The van der Waals surface area contributed by atoms with Crippen molar-refractivity contribution in [1.29, 1.82) is 0 Å². The first kappa shape index (κ1) is 15.1. The molecule has 1 aliphatic heterocycles. The van der Waals surface area contributed by atoms with Gasteiger partial charge in [0.15, 0.2) is 5.82 Å². The Morgan fingerprint density at radius 1 is 1.32 bits per heavy atom. The largest absolute Gasteiger partial charge is 0.376 e. The lowest BCUT2D eigenvalue weighted by Gasteiger charge is -2.10. The van der Waals surface area contributed by atoms with Crippen LogP contribution in [0.25, 0.3) is 10.6 Å². The number of anilines is 1. The molecule has 0 bridgehead atoms. The molecule has 0 saturated carbocycles. The summed E-state index contributed by atoms with van der Waals surface area (Å²) in [5, 5.41) is 13.8. The summed E-state index contributed by atoms with van der Waals surface area (Å²) in [7, 11) is 1.58. The van der Waals surface area contributed by atoms with Crippen LogP contribution in [0, 0.1) is 0 Å². The Morgan fingerprint density at radius 2 is 2.14 bits per heavy atom. The highest BCUT2D eigenvalue weighted by molar-refractivity contribution is 7.19. The van der Waals surface area contributed by atoms with Gasteiger partial charge in [-0.3, -0.25) is 4.79 Å². The van der Waals surface area contributed by atoms with E-state index in [9.17, 15) is 4.79 Å². The average molecular weight is 337 g/mol. The van der Waals surface area contributed by atoms with E-state index in [0.717, 1.165) is 4.88 Å². The second-order valence-electron chi connectivity index (χ2n) is 4.73. The van der Waals surface area contributed by atoms with E-state index < -0.39 is 0 Å². The molecule has 3 heterocycles. The topological polar surface area (TPSA) is 67.7 Å². The molecule has 0 N–H and O–H groups in total. The molecule has 3 rings (SSSR count). The van der Waals surface area contributed by atoms with E-state index in [0.29, 0.717) is 21.6 Å². The number of ether oxygens (including phenoxy) is 1. The molecule has 0 aliphatic carbocycles. The summed E-state index contributed by atoms with van der Waals surface area (Å²) in [4.78, 5) is 13.0. The number of rotatable bonds is 4. The van der Waals surface area contributed by atoms with Crippen LogP contribution in [0.4, 0.5) is 5.82 Å². The summed E-state index contributed by atoms with van der Waals surface area (Å²) in [6.07, 6.45) is 0.0355. The van der Waals surface area contributed by atoms with Crippen molar-refractivity contribution in [2.75, 3.05) is 12.1 Å². The lowest BCUT2D eigenvalue weighted by molar-refractivity contribution is -0.117. The van der Waals surface area contributed by atoms with Gasteiger partial charge >= 0.3 is 0 Å². The molecule has 22 heavy (non-hydrogen) atoms. The molecule has 0 spiro atoms. The maximum Gasteiger partial charge on any atom is 0.254 e. The summed E-state index contributed by atoms with van der Waals surface area (Å²) < 4.78 is 5.88. The second-order valence-corrected chi connectivity index (χ2v) is 6.45. The Hall–Kier alpha value is -1.83. The van der Waals surface area contributed by atoms with Gasteiger partial charge in [-0.05, 0) is 31.2 Å². The van der Waals surface area contributed by atoms with Gasteiger partial charge in [0.05, 0.1) is 27.4 Å². The van der Waals surface area contributed by atoms with Crippen molar-refractivity contribution in [2.24, 2.45) is 5.10 Å². The summed E-state index contributed by atoms with van der Waals surface area (Å²) in [5.41, 5.74) is 1.39. The zero-order valence-corrected chi connectivity index (χ0v) is 13.6. The number of hydrogen-bond acceptors (Lipinski definition) is 6. The van der Waals surface area contributed by atoms with Crippen molar-refractivity contribution in [1.82, 2.24) is 10.2 Å². The fraction of sp³-hybridized carbons (Fsp3) is 0.286. The van der Waals surface area contributed by atoms with Gasteiger partial charge in [0, 0.05) is 7.11 Å². The summed E-state index contributed by atoms with van der Waals surface area (Å²) in [5.74, 6) is 0.259. The fourth-order valence-electron chi connectivity index (χ4n) is 2.01. The normalized spacial score (nSPS) is 16.0. The number of halogens is 1. The van der Waals surface area contributed by atoms with E-state index in [1.807, 2.05) is 19.1 Å². The molecule has 8 heteroatoms. The van der Waals surface area contributed by atoms with Gasteiger partial charge in [-0.1, -0.05) is 11.6 Å². The Balaban J connectivity index is 1.84. The Kier molecular flexibility index (Phi) is 4.19. The van der Waals surface area contributed by atoms with Crippen LogP contribution in [0.1, 0.15) is 13.3 Å². The van der Waals surface area contributed by atoms with Gasteiger partial charge in [0.1, 0.15) is 5.69 Å². The molecule has 0 saturated heterocycles. The van der Waals surface area contributed by atoms with Crippen molar-refractivity contribution in [3.63, 3.8) is 0 Å². The summed E-state index contributed by atoms with van der Waals surface area (Å²) in [6, 6.07) is 7.21. The van der Waals surface area contributed by atoms with Crippen LogP contribution in [0.2, 0.25) is 4.34 Å². The van der Waals surface area contributed by atoms with E-state index in [1.54, 1.807) is 19.2 Å². The molecule has 1 atom stereocenters. The van der Waals surface area contributed by atoms with Crippen LogP contribution in [0.3, 0.4) is 0 Å². The molecule has 0 radical (unpaired) electrons. The number of hydrazone groups is 1. The van der Waals surface area contributed by atoms with Crippen LogP contribution in [-0.2, 0) is 9.53 Å². The predicted octanol–water partition coefficient (Wildman–Crippen LogP) is 2.99. The molecule has 2 aromatic heterocycles. The van der Waals surface area contributed by atoms with Crippen molar-refractivity contribution < 1.29 is 9.53 Å². The molecule has 1 amide bonds. The van der Waals surface area contributed by atoms with Crippen LogP contribution in [-0.4, -0.2) is 35.0 Å². The fourth-order valence-corrected chi connectivity index (χ4v) is 3.02. The number of aromatic nitrogens is 2. The van der Waals surface area contributed by atoms with Crippen molar-refractivity contribution >= 4 is 40.4 Å². The van der Waals surface area contributed by atoms with Crippen molar-refractivity contribution in [2.45, 2.75) is 19.4 Å². The van der Waals surface area contributed by atoms with Crippen molar-refractivity contribution in [3.8, 4) is 10.6 Å². The Labute approximate surface area is 136 Å². The van der Waals surface area contributed by atoms with Gasteiger partial charge in [-0.25, -0.2) is 0 Å². The summed E-state index contributed by atoms with van der Waals surface area (Å²) in [6.45, 7) is 1.85. The van der Waals surface area contributed by atoms with Crippen LogP contribution in [0.15, 0.2) is 29.4 Å². The van der Waals surface area contributed by atoms with E-state index in [1.165, 1.54) is 16.3 Å². The molecule has 1 aliphatic rings. The zero-order valence-electron chi connectivity index (χ0n) is 12.0. The second kappa shape index (κ2) is 6.12. The third-order valence-electron chi connectivity index (χ3n) is 3.31. The van der Waals surface area contributed by atoms with E-state index in [-0.39, 0.29) is 18.4 Å². The molecule has 1 unspecified atom stereocenters. The standard InChI is InChI=1S/C14H13ClN4O2S/c1-8(21-2)10-7-14(20)19(18-10)13-6-3-9(16-17-13)11-4-5-12(15)22-11/h3-6,8H,7H2,1-2H3. The Morgan fingerprint density at radius 3 is 2.73 bits per heavy atom. The minimum Gasteiger partial charge on any atom is -0.376 e. The molecule has 2 aromatic rings. The number of carbonyl (C=O) groups is 1. The predicted molar refractivity (Wildman–Crippen MR) is 86.4 cm³/mol. The van der Waals surface area contributed by atoms with E-state index in [2.05, 4.69) is 15.3 Å². The number of nitrogens with zero attached hydrogens (tertiary/aromatic N) is 4. The average Bonchev–Trinajstić information content (AvgIpc) is 3.13. The highest BCUT2D eigenvalue weighted by Gasteiger charge is 2.29. The molecule has 0 aromatic carbocycles. The maximum atomic E-state index is 12.0. The van der Waals surface area contributed by atoms with Gasteiger partial charge in [0.2, 0.25) is 0 Å². The third kappa shape index (κ3) is 2.87. The third-order valence-corrected chi connectivity index (χ3v) is 4.57. The van der Waals surface area contributed by atoms with Gasteiger partial charge in [0.25, 0.3) is 5.91 Å². The lowest BCUT2D eigenvalue weighted by atomic mass is 10.2. The van der Waals surface area contributed by atoms with Crippen LogP contribution >= 0.6 is 22.9 Å². The van der Waals surface area contributed by atoms with E-state index >= 15 is 0 Å². The van der Waals surface area contributed by atoms with Crippen LogP contribution in [0.5, 0.6) is 0 Å². The molecule has 6 nitrogen and oxygen atoms in total. The molecule has 0 fully saturated rings. The van der Waals surface area contributed by atoms with Gasteiger partial charge in [-0.2, -0.15) is 10.1 Å². The quantitative estimate of drug-likeness (QED) is 0.860. The minimum absolute atomic E-state index is 0.139. The zero-order chi connectivity index (χ0) is 15.7. The smallest absolute Gasteiger partial charge is 0.254 e. The number of hydrogen-bond donors (Lipinski definition) is 0. The van der Waals surface area contributed by atoms with Crippen LogP contribution < -0.4 is 5.01 Å². The first-order valence-corrected chi connectivity index (χ1v) is 7.80. The monoisotopic (exact) mass is 336 g/mol. The first-order chi connectivity index (χ1) is 10.6. The molecular weight excluding hydrogens is 324 g/mol. The number of thiophene rings is 1. The molecule has 114 valence electrons. The Bertz CT molecular complexity index is 729. The van der Waals surface area contributed by atoms with E-state index in [4.69, 9.17) is 16.3 Å². The highest BCUT2D eigenvalue weighted by Crippen LogP contribution is 2.30. The molecular formula is C14H13ClN4O2S. The number of methoxy groups -OCH3 is 1. The van der Waals surface area contributed by atoms with Crippen molar-refractivity contribution in [3.05, 3.63) is 28.6 Å². The van der Waals surface area contributed by atoms with Gasteiger partial charge in [-0.15, -0.1) is 21.5 Å². The highest BCUT2D eigenvalue weighted by atomic mass is 35.5. The lowest BCUT2D eigenvalue weighted by Crippen LogP contribution is -2.21. The summed E-state index contributed by atoms with van der Waals surface area (Å²) >= 11 is 7.34. The number of amides is 1.